The van der Waals surface area contributed by atoms with Crippen LogP contribution in [0, 0.1) is 11.3 Å². The zero-order chi connectivity index (χ0) is 11.3. The molecule has 0 aliphatic carbocycles. The lowest BCUT2D eigenvalue weighted by atomic mass is 10.3. The number of hydrogen-bond donors (Lipinski definition) is 1. The Morgan fingerprint density at radius 3 is 2.93 bits per heavy atom. The van der Waals surface area contributed by atoms with E-state index in [0.717, 1.165) is 12.2 Å². The molecule has 1 rings (SSSR count). The molecular formula is C10H12N2O2S. The number of nitrogens with zero attached hydrogens (tertiary/aromatic N) is 2. The maximum Gasteiger partial charge on any atom is 0.345 e. The summed E-state index contributed by atoms with van der Waals surface area (Å²) in [4.78, 5) is 13.0. The molecule has 80 valence electrons. The Balaban J connectivity index is 2.74. The molecule has 0 bridgehead atoms. The molecule has 0 atom stereocenters. The molecule has 0 unspecified atom stereocenters. The van der Waals surface area contributed by atoms with Gasteiger partial charge < -0.3 is 10.0 Å². The van der Waals surface area contributed by atoms with Gasteiger partial charge in [-0.3, -0.25) is 0 Å². The summed E-state index contributed by atoms with van der Waals surface area (Å²) in [6.07, 6.45) is 0.450. The Morgan fingerprint density at radius 1 is 1.73 bits per heavy atom. The molecule has 4 nitrogen and oxygen atoms in total. The van der Waals surface area contributed by atoms with Crippen molar-refractivity contribution < 1.29 is 9.90 Å². The molecule has 0 aliphatic rings. The highest BCUT2D eigenvalue weighted by Crippen LogP contribution is 2.23. The van der Waals surface area contributed by atoms with Crippen LogP contribution in [0.15, 0.2) is 11.4 Å². The highest BCUT2D eigenvalue weighted by atomic mass is 32.1. The van der Waals surface area contributed by atoms with Gasteiger partial charge in [0, 0.05) is 24.2 Å². The number of nitriles is 1. The molecule has 1 aromatic rings. The van der Waals surface area contributed by atoms with Gasteiger partial charge in [0.1, 0.15) is 4.88 Å². The second-order valence-electron chi connectivity index (χ2n) is 2.96. The maximum absolute atomic E-state index is 10.7. The van der Waals surface area contributed by atoms with Gasteiger partial charge in [0.2, 0.25) is 0 Å². The van der Waals surface area contributed by atoms with Crippen LogP contribution in [0.1, 0.15) is 23.0 Å². The van der Waals surface area contributed by atoms with Crippen LogP contribution in [-0.2, 0) is 0 Å². The van der Waals surface area contributed by atoms with Crippen molar-refractivity contribution in [2.75, 3.05) is 18.0 Å². The molecule has 0 amide bonds. The molecule has 0 radical (unpaired) electrons. The summed E-state index contributed by atoms with van der Waals surface area (Å²) in [5.41, 5.74) is 0.884. The first-order valence-electron chi connectivity index (χ1n) is 4.62. The Kier molecular flexibility index (Phi) is 4.13. The molecule has 5 heteroatoms. The fourth-order valence-corrected chi connectivity index (χ4v) is 2.01. The number of rotatable bonds is 5. The van der Waals surface area contributed by atoms with E-state index in [1.54, 1.807) is 6.07 Å². The summed E-state index contributed by atoms with van der Waals surface area (Å²) in [6.45, 7) is 3.40. The second kappa shape index (κ2) is 5.37. The Hall–Kier alpha value is -1.54. The van der Waals surface area contributed by atoms with Gasteiger partial charge in [-0.25, -0.2) is 4.79 Å². The first-order valence-corrected chi connectivity index (χ1v) is 5.50. The van der Waals surface area contributed by atoms with Gasteiger partial charge in [0.25, 0.3) is 0 Å². The highest BCUT2D eigenvalue weighted by Gasteiger charge is 2.10. The molecule has 1 N–H and O–H groups in total. The number of thiophene rings is 1. The van der Waals surface area contributed by atoms with Crippen LogP contribution in [0.5, 0.6) is 0 Å². The van der Waals surface area contributed by atoms with Crippen LogP contribution in [0.25, 0.3) is 0 Å². The number of anilines is 1. The average Bonchev–Trinajstić information content (AvgIpc) is 2.68. The lowest BCUT2D eigenvalue weighted by Crippen LogP contribution is -2.22. The minimum atomic E-state index is -0.900. The molecule has 1 heterocycles. The monoisotopic (exact) mass is 224 g/mol. The van der Waals surface area contributed by atoms with E-state index < -0.39 is 5.97 Å². The van der Waals surface area contributed by atoms with Gasteiger partial charge in [-0.05, 0) is 13.0 Å². The predicted molar refractivity (Wildman–Crippen MR) is 59.4 cm³/mol. The number of carboxylic acid groups (broad SMARTS) is 1. The predicted octanol–water partition coefficient (Wildman–Crippen LogP) is 2.19. The van der Waals surface area contributed by atoms with Gasteiger partial charge in [0.05, 0.1) is 12.5 Å². The third-order valence-electron chi connectivity index (χ3n) is 2.04. The number of carbonyl (C=O) groups is 1. The zero-order valence-electron chi connectivity index (χ0n) is 8.43. The van der Waals surface area contributed by atoms with Crippen LogP contribution >= 0.6 is 11.3 Å². The zero-order valence-corrected chi connectivity index (χ0v) is 9.25. The fourth-order valence-electron chi connectivity index (χ4n) is 1.26. The molecule has 15 heavy (non-hydrogen) atoms. The molecule has 0 aromatic carbocycles. The normalized spacial score (nSPS) is 9.60. The first-order chi connectivity index (χ1) is 7.19. The Bertz CT molecular complexity index is 381. The van der Waals surface area contributed by atoms with Crippen molar-refractivity contribution in [2.45, 2.75) is 13.3 Å². The summed E-state index contributed by atoms with van der Waals surface area (Å²) in [5, 5.41) is 19.1. The van der Waals surface area contributed by atoms with Crippen molar-refractivity contribution in [3.8, 4) is 6.07 Å². The standard InChI is InChI=1S/C10H12N2O2S/c1-2-12(5-3-4-11)8-6-9(10(13)14)15-7-8/h6-7H,2-3,5H2,1H3,(H,13,14). The van der Waals surface area contributed by atoms with Crippen molar-refractivity contribution in [3.63, 3.8) is 0 Å². The van der Waals surface area contributed by atoms with Crippen LogP contribution in [0.2, 0.25) is 0 Å². The van der Waals surface area contributed by atoms with E-state index in [1.165, 1.54) is 11.3 Å². The van der Waals surface area contributed by atoms with Crippen molar-refractivity contribution in [2.24, 2.45) is 0 Å². The molecule has 0 spiro atoms. The van der Waals surface area contributed by atoms with E-state index >= 15 is 0 Å². The molecule has 1 aromatic heterocycles. The molecule has 0 fully saturated rings. The minimum Gasteiger partial charge on any atom is -0.477 e. The summed E-state index contributed by atoms with van der Waals surface area (Å²) >= 11 is 1.21. The van der Waals surface area contributed by atoms with Crippen LogP contribution in [-0.4, -0.2) is 24.2 Å². The van der Waals surface area contributed by atoms with Crippen molar-refractivity contribution in [1.82, 2.24) is 0 Å². The minimum absolute atomic E-state index is 0.334. The lowest BCUT2D eigenvalue weighted by Gasteiger charge is -2.19. The summed E-state index contributed by atoms with van der Waals surface area (Å²) < 4.78 is 0. The SMILES string of the molecule is CCN(CCC#N)c1csc(C(=O)O)c1. The van der Waals surface area contributed by atoms with E-state index in [4.69, 9.17) is 10.4 Å². The number of aromatic carboxylic acids is 1. The molecular weight excluding hydrogens is 212 g/mol. The van der Waals surface area contributed by atoms with E-state index in [-0.39, 0.29) is 0 Å². The van der Waals surface area contributed by atoms with E-state index in [9.17, 15) is 4.79 Å². The van der Waals surface area contributed by atoms with Crippen LogP contribution in [0.3, 0.4) is 0 Å². The average molecular weight is 224 g/mol. The topological polar surface area (TPSA) is 64.3 Å². The second-order valence-corrected chi connectivity index (χ2v) is 3.87. The van der Waals surface area contributed by atoms with E-state index in [1.807, 2.05) is 17.2 Å². The quantitative estimate of drug-likeness (QED) is 0.832. The van der Waals surface area contributed by atoms with Gasteiger partial charge in [-0.1, -0.05) is 0 Å². The van der Waals surface area contributed by atoms with Crippen molar-refractivity contribution in [1.29, 1.82) is 5.26 Å². The van der Waals surface area contributed by atoms with Gasteiger partial charge >= 0.3 is 5.97 Å². The van der Waals surface area contributed by atoms with Crippen molar-refractivity contribution in [3.05, 3.63) is 16.3 Å². The largest absolute Gasteiger partial charge is 0.477 e. The maximum atomic E-state index is 10.7. The highest BCUT2D eigenvalue weighted by molar-refractivity contribution is 7.12. The first kappa shape index (κ1) is 11.5. The summed E-state index contributed by atoms with van der Waals surface area (Å²) in [7, 11) is 0. The van der Waals surface area contributed by atoms with Gasteiger partial charge in [-0.2, -0.15) is 5.26 Å². The molecule has 0 aliphatic heterocycles. The number of hydrogen-bond acceptors (Lipinski definition) is 4. The molecule has 0 saturated heterocycles. The summed E-state index contributed by atoms with van der Waals surface area (Å²) in [6, 6.07) is 3.72. The van der Waals surface area contributed by atoms with E-state index in [0.29, 0.717) is 17.8 Å². The summed E-state index contributed by atoms with van der Waals surface area (Å²) in [5.74, 6) is -0.900. The van der Waals surface area contributed by atoms with Crippen LogP contribution in [0.4, 0.5) is 5.69 Å². The Morgan fingerprint density at radius 2 is 2.47 bits per heavy atom. The van der Waals surface area contributed by atoms with Crippen molar-refractivity contribution >= 4 is 23.0 Å². The number of carboxylic acids is 1. The van der Waals surface area contributed by atoms with Gasteiger partial charge in [0.15, 0.2) is 0 Å². The van der Waals surface area contributed by atoms with Crippen LogP contribution < -0.4 is 4.90 Å². The molecule has 0 saturated carbocycles. The smallest absolute Gasteiger partial charge is 0.345 e. The van der Waals surface area contributed by atoms with E-state index in [2.05, 4.69) is 6.07 Å². The lowest BCUT2D eigenvalue weighted by molar-refractivity contribution is 0.0702. The third kappa shape index (κ3) is 2.96. The van der Waals surface area contributed by atoms with Gasteiger partial charge in [-0.15, -0.1) is 11.3 Å². The third-order valence-corrected chi connectivity index (χ3v) is 2.94. The Labute approximate surface area is 92.4 Å². The fraction of sp³-hybridized carbons (Fsp3) is 0.400.